The molecule has 0 unspecified atom stereocenters. The van der Waals surface area contributed by atoms with E-state index in [2.05, 4.69) is 25.6 Å². The molecule has 0 aliphatic heterocycles. The lowest BCUT2D eigenvalue weighted by Gasteiger charge is -2.15. The molecule has 0 fully saturated rings. The fraction of sp³-hybridized carbons (Fsp3) is 0.261. The molecule has 0 spiro atoms. The molecule has 0 aliphatic rings. The van der Waals surface area contributed by atoms with Gasteiger partial charge in [0.05, 0.1) is 36.5 Å². The maximum atomic E-state index is 5.79. The van der Waals surface area contributed by atoms with Gasteiger partial charge in [-0.25, -0.2) is 4.98 Å². The maximum absolute atomic E-state index is 5.79. The lowest BCUT2D eigenvalue weighted by molar-refractivity contribution is 0.288. The zero-order chi connectivity index (χ0) is 21.8. The highest BCUT2D eigenvalue weighted by Gasteiger charge is 2.15. The van der Waals surface area contributed by atoms with Gasteiger partial charge in [-0.15, -0.1) is 11.3 Å². The summed E-state index contributed by atoms with van der Waals surface area (Å²) in [5, 5.41) is 7.31. The molecule has 0 saturated carbocycles. The molecule has 8 heteroatoms. The number of benzene rings is 2. The van der Waals surface area contributed by atoms with E-state index in [0.29, 0.717) is 36.0 Å². The minimum absolute atomic E-state index is 0.271. The summed E-state index contributed by atoms with van der Waals surface area (Å²) in [5.74, 6) is 1.92. The number of ether oxygens (including phenoxy) is 3. The van der Waals surface area contributed by atoms with Gasteiger partial charge in [-0.1, -0.05) is 12.1 Å². The van der Waals surface area contributed by atoms with Crippen molar-refractivity contribution in [2.45, 2.75) is 20.8 Å². The van der Waals surface area contributed by atoms with Crippen molar-refractivity contribution in [1.82, 2.24) is 15.0 Å². The van der Waals surface area contributed by atoms with Gasteiger partial charge in [0.15, 0.2) is 11.5 Å². The Balaban J connectivity index is 1.78. The van der Waals surface area contributed by atoms with Gasteiger partial charge in [-0.05, 0) is 39.0 Å². The SMILES string of the molecule is CCOc1cc2nc(OC)nc(Nc3cccc(-c4csc(C)n4)c3)c2cc1OCC. The lowest BCUT2D eigenvalue weighted by atomic mass is 10.1. The van der Waals surface area contributed by atoms with Gasteiger partial charge < -0.3 is 19.5 Å². The number of fused-ring (bicyclic) bond motifs is 1. The van der Waals surface area contributed by atoms with Gasteiger partial charge in [0.2, 0.25) is 0 Å². The summed E-state index contributed by atoms with van der Waals surface area (Å²) >= 11 is 1.63. The predicted molar refractivity (Wildman–Crippen MR) is 124 cm³/mol. The Morgan fingerprint density at radius 1 is 0.968 bits per heavy atom. The standard InChI is InChI=1S/C23H24N4O3S/c1-5-29-20-11-17-18(12-21(20)30-6-2)26-23(28-4)27-22(17)25-16-9-7-8-15(10-16)19-13-31-14(3)24-19/h7-13H,5-6H2,1-4H3,(H,25,26,27). The predicted octanol–water partition coefficient (Wildman–Crippen LogP) is 5.61. The van der Waals surface area contributed by atoms with E-state index < -0.39 is 0 Å². The summed E-state index contributed by atoms with van der Waals surface area (Å²) in [6, 6.07) is 12.1. The van der Waals surface area contributed by atoms with Crippen molar-refractivity contribution in [3.63, 3.8) is 0 Å². The quantitative estimate of drug-likeness (QED) is 0.384. The number of hydrogen-bond acceptors (Lipinski definition) is 8. The molecule has 0 amide bonds. The number of aryl methyl sites for hydroxylation is 1. The molecular weight excluding hydrogens is 412 g/mol. The van der Waals surface area contributed by atoms with Crippen LogP contribution in [0.4, 0.5) is 11.5 Å². The molecule has 4 rings (SSSR count). The second kappa shape index (κ2) is 9.18. The Labute approximate surface area is 185 Å². The van der Waals surface area contributed by atoms with Crippen LogP contribution in [0.2, 0.25) is 0 Å². The van der Waals surface area contributed by atoms with E-state index >= 15 is 0 Å². The van der Waals surface area contributed by atoms with E-state index in [0.717, 1.165) is 27.3 Å². The van der Waals surface area contributed by atoms with E-state index in [1.165, 1.54) is 0 Å². The molecule has 2 aromatic carbocycles. The summed E-state index contributed by atoms with van der Waals surface area (Å²) < 4.78 is 16.9. The number of anilines is 2. The Bertz CT molecular complexity index is 1210. The first-order valence-electron chi connectivity index (χ1n) is 10.1. The Kier molecular flexibility index (Phi) is 6.18. The van der Waals surface area contributed by atoms with Gasteiger partial charge in [-0.2, -0.15) is 9.97 Å². The van der Waals surface area contributed by atoms with Crippen LogP contribution < -0.4 is 19.5 Å². The Morgan fingerprint density at radius 3 is 2.42 bits per heavy atom. The van der Waals surface area contributed by atoms with Crippen molar-refractivity contribution in [2.75, 3.05) is 25.6 Å². The monoisotopic (exact) mass is 436 g/mol. The van der Waals surface area contributed by atoms with Crippen LogP contribution in [-0.4, -0.2) is 35.3 Å². The van der Waals surface area contributed by atoms with Crippen molar-refractivity contribution in [3.05, 3.63) is 46.8 Å². The number of nitrogens with zero attached hydrogens (tertiary/aromatic N) is 3. The molecule has 2 heterocycles. The first-order valence-corrected chi connectivity index (χ1v) is 10.9. The second-order valence-electron chi connectivity index (χ2n) is 6.70. The number of nitrogens with one attached hydrogen (secondary N) is 1. The van der Waals surface area contributed by atoms with Crippen molar-refractivity contribution < 1.29 is 14.2 Å². The first-order chi connectivity index (χ1) is 15.1. The molecule has 4 aromatic rings. The number of rotatable bonds is 8. The zero-order valence-electron chi connectivity index (χ0n) is 17.9. The van der Waals surface area contributed by atoms with Crippen LogP contribution in [0.5, 0.6) is 17.5 Å². The van der Waals surface area contributed by atoms with Gasteiger partial charge >= 0.3 is 6.01 Å². The van der Waals surface area contributed by atoms with Gasteiger partial charge in [0.25, 0.3) is 0 Å². The molecule has 0 saturated heterocycles. The van der Waals surface area contributed by atoms with E-state index in [-0.39, 0.29) is 6.01 Å². The third kappa shape index (κ3) is 4.54. The molecule has 2 aromatic heterocycles. The zero-order valence-corrected chi connectivity index (χ0v) is 18.7. The molecule has 160 valence electrons. The molecule has 1 N–H and O–H groups in total. The van der Waals surface area contributed by atoms with Crippen LogP contribution in [0, 0.1) is 6.92 Å². The van der Waals surface area contributed by atoms with Crippen LogP contribution in [0.25, 0.3) is 22.2 Å². The van der Waals surface area contributed by atoms with E-state index in [1.807, 2.05) is 57.2 Å². The molecule has 0 bridgehead atoms. The van der Waals surface area contributed by atoms with Crippen LogP contribution in [0.3, 0.4) is 0 Å². The summed E-state index contributed by atoms with van der Waals surface area (Å²) in [5.41, 5.74) is 3.58. The van der Waals surface area contributed by atoms with Crippen molar-refractivity contribution in [1.29, 1.82) is 0 Å². The third-order valence-corrected chi connectivity index (χ3v) is 5.34. The number of hydrogen-bond donors (Lipinski definition) is 1. The molecule has 0 radical (unpaired) electrons. The lowest BCUT2D eigenvalue weighted by Crippen LogP contribution is -2.03. The van der Waals surface area contributed by atoms with E-state index in [9.17, 15) is 0 Å². The first kappa shape index (κ1) is 20.9. The van der Waals surface area contributed by atoms with E-state index in [4.69, 9.17) is 14.2 Å². The number of methoxy groups -OCH3 is 1. The smallest absolute Gasteiger partial charge is 0.318 e. The molecule has 0 aliphatic carbocycles. The molecule has 31 heavy (non-hydrogen) atoms. The van der Waals surface area contributed by atoms with Crippen molar-refractivity contribution >= 4 is 33.7 Å². The van der Waals surface area contributed by atoms with Crippen molar-refractivity contribution in [2.24, 2.45) is 0 Å². The van der Waals surface area contributed by atoms with Crippen molar-refractivity contribution in [3.8, 4) is 28.8 Å². The normalized spacial score (nSPS) is 10.8. The summed E-state index contributed by atoms with van der Waals surface area (Å²) in [4.78, 5) is 13.6. The Hall–Kier alpha value is -3.39. The van der Waals surface area contributed by atoms with Gasteiger partial charge in [0.1, 0.15) is 5.82 Å². The topological polar surface area (TPSA) is 78.4 Å². The number of aromatic nitrogens is 3. The summed E-state index contributed by atoms with van der Waals surface area (Å²) in [6.07, 6.45) is 0. The average Bonchev–Trinajstić information content (AvgIpc) is 3.21. The highest BCUT2D eigenvalue weighted by molar-refractivity contribution is 7.09. The van der Waals surface area contributed by atoms with Crippen LogP contribution >= 0.6 is 11.3 Å². The maximum Gasteiger partial charge on any atom is 0.318 e. The molecule has 7 nitrogen and oxygen atoms in total. The average molecular weight is 437 g/mol. The Morgan fingerprint density at radius 2 is 1.74 bits per heavy atom. The van der Waals surface area contributed by atoms with Gasteiger partial charge in [0, 0.05) is 28.1 Å². The van der Waals surface area contributed by atoms with Crippen LogP contribution in [-0.2, 0) is 0 Å². The fourth-order valence-electron chi connectivity index (χ4n) is 3.23. The van der Waals surface area contributed by atoms with Crippen LogP contribution in [0.1, 0.15) is 18.9 Å². The van der Waals surface area contributed by atoms with Gasteiger partial charge in [-0.3, -0.25) is 0 Å². The fourth-order valence-corrected chi connectivity index (χ4v) is 3.85. The minimum atomic E-state index is 0.271. The third-order valence-electron chi connectivity index (χ3n) is 4.56. The minimum Gasteiger partial charge on any atom is -0.490 e. The molecular formula is C23H24N4O3S. The summed E-state index contributed by atoms with van der Waals surface area (Å²) in [6.45, 7) is 6.93. The number of thiazole rings is 1. The molecule has 0 atom stereocenters. The summed E-state index contributed by atoms with van der Waals surface area (Å²) in [7, 11) is 1.55. The van der Waals surface area contributed by atoms with E-state index in [1.54, 1.807) is 18.4 Å². The largest absolute Gasteiger partial charge is 0.490 e. The highest BCUT2D eigenvalue weighted by Crippen LogP contribution is 2.36. The van der Waals surface area contributed by atoms with Crippen LogP contribution in [0.15, 0.2) is 41.8 Å². The second-order valence-corrected chi connectivity index (χ2v) is 7.76. The highest BCUT2D eigenvalue weighted by atomic mass is 32.1.